The number of nitrogens with zero attached hydrogens (tertiary/aromatic N) is 1. The van der Waals surface area contributed by atoms with E-state index in [0.717, 1.165) is 5.69 Å². The first-order valence-corrected chi connectivity index (χ1v) is 6.09. The number of halogens is 1. The molecule has 2 aromatic carbocycles. The number of nitrogens with one attached hydrogen (secondary N) is 1. The zero-order chi connectivity index (χ0) is 13.0. The number of nitriles is 1. The van der Waals surface area contributed by atoms with Gasteiger partial charge in [-0.1, -0.05) is 41.9 Å². The summed E-state index contributed by atoms with van der Waals surface area (Å²) in [6, 6.07) is 17.6. The molecule has 2 aromatic rings. The van der Waals surface area contributed by atoms with Crippen molar-refractivity contribution in [1.29, 1.82) is 5.26 Å². The van der Waals surface area contributed by atoms with E-state index in [1.807, 2.05) is 18.2 Å². The van der Waals surface area contributed by atoms with Crippen LogP contribution in [0.2, 0.25) is 5.02 Å². The van der Waals surface area contributed by atoms with E-state index < -0.39 is 0 Å². The van der Waals surface area contributed by atoms with Gasteiger partial charge < -0.3 is 5.32 Å². The Morgan fingerprint density at radius 1 is 1.17 bits per heavy atom. The first-order chi connectivity index (χ1) is 8.70. The van der Waals surface area contributed by atoms with Crippen LogP contribution in [0, 0.1) is 11.3 Å². The molecule has 0 aliphatic carbocycles. The quantitative estimate of drug-likeness (QED) is 0.884. The van der Waals surface area contributed by atoms with Gasteiger partial charge in [0.05, 0.1) is 22.3 Å². The van der Waals surface area contributed by atoms with Crippen molar-refractivity contribution in [3.05, 3.63) is 64.7 Å². The Balaban J connectivity index is 2.22. The Morgan fingerprint density at radius 2 is 1.89 bits per heavy atom. The molecule has 1 atom stereocenters. The Kier molecular flexibility index (Phi) is 3.86. The van der Waals surface area contributed by atoms with E-state index >= 15 is 0 Å². The molecule has 2 rings (SSSR count). The minimum atomic E-state index is 0.137. The van der Waals surface area contributed by atoms with Crippen LogP contribution in [0.25, 0.3) is 0 Å². The summed E-state index contributed by atoms with van der Waals surface area (Å²) < 4.78 is 0. The van der Waals surface area contributed by atoms with Crippen LogP contribution in [0.15, 0.2) is 48.5 Å². The molecule has 0 bridgehead atoms. The lowest BCUT2D eigenvalue weighted by Gasteiger charge is -2.16. The van der Waals surface area contributed by atoms with Gasteiger partial charge in [-0.2, -0.15) is 5.26 Å². The normalized spacial score (nSPS) is 11.6. The molecule has 3 heteroatoms. The van der Waals surface area contributed by atoms with Crippen molar-refractivity contribution in [3.8, 4) is 6.07 Å². The highest BCUT2D eigenvalue weighted by Crippen LogP contribution is 2.27. The largest absolute Gasteiger partial charge is 0.377 e. The average Bonchev–Trinajstić information content (AvgIpc) is 2.42. The summed E-state index contributed by atoms with van der Waals surface area (Å²) in [6.45, 7) is 2.06. The highest BCUT2D eigenvalue weighted by atomic mass is 35.5. The zero-order valence-electron chi connectivity index (χ0n) is 10.0. The number of benzene rings is 2. The molecule has 0 heterocycles. The number of rotatable bonds is 3. The maximum absolute atomic E-state index is 8.88. The average molecular weight is 257 g/mol. The topological polar surface area (TPSA) is 35.8 Å². The molecular weight excluding hydrogens is 244 g/mol. The van der Waals surface area contributed by atoms with Crippen LogP contribution in [0.4, 0.5) is 5.69 Å². The summed E-state index contributed by atoms with van der Waals surface area (Å²) in [5, 5.41) is 12.8. The van der Waals surface area contributed by atoms with Gasteiger partial charge in [0.25, 0.3) is 0 Å². The summed E-state index contributed by atoms with van der Waals surface area (Å²) in [5.41, 5.74) is 2.56. The summed E-state index contributed by atoms with van der Waals surface area (Å²) in [5.74, 6) is 0. The lowest BCUT2D eigenvalue weighted by Crippen LogP contribution is -2.06. The van der Waals surface area contributed by atoms with Crippen molar-refractivity contribution in [2.75, 3.05) is 5.32 Å². The van der Waals surface area contributed by atoms with E-state index in [2.05, 4.69) is 30.4 Å². The molecular formula is C15H13ClN2. The molecule has 90 valence electrons. The molecule has 1 unspecified atom stereocenters. The van der Waals surface area contributed by atoms with Crippen molar-refractivity contribution in [2.45, 2.75) is 13.0 Å². The summed E-state index contributed by atoms with van der Waals surface area (Å²) in [7, 11) is 0. The van der Waals surface area contributed by atoms with Gasteiger partial charge in [-0.3, -0.25) is 0 Å². The second kappa shape index (κ2) is 5.57. The predicted molar refractivity (Wildman–Crippen MR) is 74.6 cm³/mol. The standard InChI is InChI=1S/C15H13ClN2/c1-11(13-5-3-2-4-6-13)18-15-9-12(10-17)7-8-14(15)16/h2-9,11,18H,1H3. The second-order valence-electron chi connectivity index (χ2n) is 4.08. The fourth-order valence-electron chi connectivity index (χ4n) is 1.76. The SMILES string of the molecule is CC(Nc1cc(C#N)ccc1Cl)c1ccccc1. The van der Waals surface area contributed by atoms with E-state index in [0.29, 0.717) is 10.6 Å². The van der Waals surface area contributed by atoms with Crippen molar-refractivity contribution in [3.63, 3.8) is 0 Å². The van der Waals surface area contributed by atoms with Crippen molar-refractivity contribution >= 4 is 17.3 Å². The molecule has 18 heavy (non-hydrogen) atoms. The minimum Gasteiger partial charge on any atom is -0.377 e. The predicted octanol–water partition coefficient (Wildman–Crippen LogP) is 4.38. The summed E-state index contributed by atoms with van der Waals surface area (Å²) >= 11 is 6.11. The van der Waals surface area contributed by atoms with E-state index in [4.69, 9.17) is 16.9 Å². The third-order valence-corrected chi connectivity index (χ3v) is 3.10. The highest BCUT2D eigenvalue weighted by molar-refractivity contribution is 6.33. The number of hydrogen-bond donors (Lipinski definition) is 1. The second-order valence-corrected chi connectivity index (χ2v) is 4.49. The molecule has 0 saturated carbocycles. The fraction of sp³-hybridized carbons (Fsp3) is 0.133. The van der Waals surface area contributed by atoms with Crippen LogP contribution in [0.5, 0.6) is 0 Å². The Bertz CT molecular complexity index is 573. The Morgan fingerprint density at radius 3 is 2.56 bits per heavy atom. The van der Waals surface area contributed by atoms with Crippen molar-refractivity contribution < 1.29 is 0 Å². The van der Waals surface area contributed by atoms with Crippen LogP contribution in [0.3, 0.4) is 0 Å². The van der Waals surface area contributed by atoms with Crippen molar-refractivity contribution in [1.82, 2.24) is 0 Å². The molecule has 0 aliphatic heterocycles. The molecule has 0 aromatic heterocycles. The van der Waals surface area contributed by atoms with Crippen LogP contribution in [-0.4, -0.2) is 0 Å². The molecule has 0 saturated heterocycles. The maximum Gasteiger partial charge on any atom is 0.0992 e. The van der Waals surface area contributed by atoms with E-state index in [9.17, 15) is 0 Å². The van der Waals surface area contributed by atoms with Gasteiger partial charge in [0.1, 0.15) is 0 Å². The Labute approximate surface area is 112 Å². The monoisotopic (exact) mass is 256 g/mol. The van der Waals surface area contributed by atoms with E-state index in [-0.39, 0.29) is 6.04 Å². The smallest absolute Gasteiger partial charge is 0.0992 e. The van der Waals surface area contributed by atoms with E-state index in [1.165, 1.54) is 5.56 Å². The number of hydrogen-bond acceptors (Lipinski definition) is 2. The van der Waals surface area contributed by atoms with Gasteiger partial charge in [-0.15, -0.1) is 0 Å². The van der Waals surface area contributed by atoms with E-state index in [1.54, 1.807) is 18.2 Å². The van der Waals surface area contributed by atoms with Gasteiger partial charge >= 0.3 is 0 Å². The third kappa shape index (κ3) is 2.82. The first kappa shape index (κ1) is 12.5. The summed E-state index contributed by atoms with van der Waals surface area (Å²) in [6.07, 6.45) is 0. The first-order valence-electron chi connectivity index (χ1n) is 5.72. The third-order valence-electron chi connectivity index (χ3n) is 2.77. The number of anilines is 1. The molecule has 0 radical (unpaired) electrons. The van der Waals surface area contributed by atoms with Crippen LogP contribution in [0.1, 0.15) is 24.1 Å². The van der Waals surface area contributed by atoms with Crippen LogP contribution in [-0.2, 0) is 0 Å². The lowest BCUT2D eigenvalue weighted by atomic mass is 10.1. The maximum atomic E-state index is 8.88. The van der Waals surface area contributed by atoms with Gasteiger partial charge in [-0.05, 0) is 30.7 Å². The molecule has 0 aliphatic rings. The lowest BCUT2D eigenvalue weighted by molar-refractivity contribution is 0.885. The molecule has 1 N–H and O–H groups in total. The Hall–Kier alpha value is -1.98. The minimum absolute atomic E-state index is 0.137. The summed E-state index contributed by atoms with van der Waals surface area (Å²) in [4.78, 5) is 0. The van der Waals surface area contributed by atoms with Gasteiger partial charge in [0.2, 0.25) is 0 Å². The van der Waals surface area contributed by atoms with Gasteiger partial charge in [0, 0.05) is 6.04 Å². The van der Waals surface area contributed by atoms with Gasteiger partial charge in [0.15, 0.2) is 0 Å². The van der Waals surface area contributed by atoms with Crippen molar-refractivity contribution in [2.24, 2.45) is 0 Å². The van der Waals surface area contributed by atoms with Crippen LogP contribution < -0.4 is 5.32 Å². The molecule has 0 spiro atoms. The molecule has 2 nitrogen and oxygen atoms in total. The molecule has 0 amide bonds. The highest BCUT2D eigenvalue weighted by Gasteiger charge is 2.07. The van der Waals surface area contributed by atoms with Crippen LogP contribution >= 0.6 is 11.6 Å². The molecule has 0 fully saturated rings. The zero-order valence-corrected chi connectivity index (χ0v) is 10.8. The fourth-order valence-corrected chi connectivity index (χ4v) is 1.94. The van der Waals surface area contributed by atoms with Gasteiger partial charge in [-0.25, -0.2) is 0 Å².